The SMILES string of the molecule is CCOc1ccc(CCC[C@@H](C(=O)N2CCN(c3ccccc3F)CC2)[C@@H](C=O)OC)cc1. The Hall–Kier alpha value is -2.93. The predicted molar refractivity (Wildman–Crippen MR) is 126 cm³/mol. The molecule has 0 N–H and O–H groups in total. The number of carbonyl (C=O) groups excluding carboxylic acids is 2. The Morgan fingerprint density at radius 1 is 1.09 bits per heavy atom. The number of halogens is 1. The fourth-order valence-corrected chi connectivity index (χ4v) is 4.30. The van der Waals surface area contributed by atoms with Crippen molar-refractivity contribution in [3.63, 3.8) is 0 Å². The zero-order chi connectivity index (χ0) is 23.6. The van der Waals surface area contributed by atoms with E-state index in [0.29, 0.717) is 44.9 Å². The number of hydrogen-bond donors (Lipinski definition) is 0. The van der Waals surface area contributed by atoms with Crippen LogP contribution in [0.25, 0.3) is 0 Å². The number of rotatable bonds is 11. The van der Waals surface area contributed by atoms with Gasteiger partial charge in [0.1, 0.15) is 24.0 Å². The Balaban J connectivity index is 1.58. The maximum absolute atomic E-state index is 14.1. The van der Waals surface area contributed by atoms with E-state index in [9.17, 15) is 14.0 Å². The van der Waals surface area contributed by atoms with E-state index in [0.717, 1.165) is 30.4 Å². The average molecular weight is 457 g/mol. The van der Waals surface area contributed by atoms with E-state index in [1.54, 1.807) is 17.0 Å². The lowest BCUT2D eigenvalue weighted by Crippen LogP contribution is -2.52. The van der Waals surface area contributed by atoms with Gasteiger partial charge in [0.05, 0.1) is 18.2 Å². The normalized spacial score (nSPS) is 15.7. The Labute approximate surface area is 195 Å². The average Bonchev–Trinajstić information content (AvgIpc) is 2.85. The number of anilines is 1. The van der Waals surface area contributed by atoms with Crippen molar-refractivity contribution in [2.45, 2.75) is 32.3 Å². The van der Waals surface area contributed by atoms with Crippen molar-refractivity contribution >= 4 is 17.9 Å². The Bertz CT molecular complexity index is 897. The van der Waals surface area contributed by atoms with Crippen molar-refractivity contribution in [2.75, 3.05) is 44.8 Å². The minimum absolute atomic E-state index is 0.0752. The first-order valence-electron chi connectivity index (χ1n) is 11.6. The second kappa shape index (κ2) is 12.3. The topological polar surface area (TPSA) is 59.1 Å². The molecule has 3 rings (SSSR count). The number of hydrogen-bond acceptors (Lipinski definition) is 5. The van der Waals surface area contributed by atoms with Gasteiger partial charge in [-0.05, 0) is 56.0 Å². The Morgan fingerprint density at radius 3 is 2.39 bits per heavy atom. The third kappa shape index (κ3) is 6.54. The third-order valence-electron chi connectivity index (χ3n) is 6.12. The largest absolute Gasteiger partial charge is 0.494 e. The van der Waals surface area contributed by atoms with E-state index < -0.39 is 12.0 Å². The lowest BCUT2D eigenvalue weighted by molar-refractivity contribution is -0.144. The van der Waals surface area contributed by atoms with Crippen LogP contribution in [0.15, 0.2) is 48.5 Å². The van der Waals surface area contributed by atoms with E-state index in [4.69, 9.17) is 9.47 Å². The summed E-state index contributed by atoms with van der Waals surface area (Å²) in [6.07, 6.45) is 2.05. The van der Waals surface area contributed by atoms with E-state index in [-0.39, 0.29) is 11.7 Å². The first kappa shape index (κ1) is 24.7. The molecule has 0 spiro atoms. The van der Waals surface area contributed by atoms with Crippen LogP contribution in [0.5, 0.6) is 5.75 Å². The quantitative estimate of drug-likeness (QED) is 0.483. The summed E-state index contributed by atoms with van der Waals surface area (Å²) in [4.78, 5) is 28.6. The van der Waals surface area contributed by atoms with Gasteiger partial charge in [-0.1, -0.05) is 24.3 Å². The Morgan fingerprint density at radius 2 is 1.79 bits per heavy atom. The van der Waals surface area contributed by atoms with Gasteiger partial charge in [-0.2, -0.15) is 0 Å². The molecule has 1 aliphatic rings. The molecule has 6 nitrogen and oxygen atoms in total. The summed E-state index contributed by atoms with van der Waals surface area (Å²) in [5, 5.41) is 0. The molecule has 1 heterocycles. The summed E-state index contributed by atoms with van der Waals surface area (Å²) >= 11 is 0. The van der Waals surface area contributed by atoms with Crippen LogP contribution < -0.4 is 9.64 Å². The molecule has 178 valence electrons. The van der Waals surface area contributed by atoms with Crippen molar-refractivity contribution in [2.24, 2.45) is 5.92 Å². The van der Waals surface area contributed by atoms with Crippen LogP contribution in [0.4, 0.5) is 10.1 Å². The minimum atomic E-state index is -0.776. The highest BCUT2D eigenvalue weighted by Gasteiger charge is 2.33. The zero-order valence-corrected chi connectivity index (χ0v) is 19.4. The third-order valence-corrected chi connectivity index (χ3v) is 6.12. The summed E-state index contributed by atoms with van der Waals surface area (Å²) < 4.78 is 24.9. The van der Waals surface area contributed by atoms with Crippen LogP contribution in [0.3, 0.4) is 0 Å². The van der Waals surface area contributed by atoms with Gasteiger partial charge >= 0.3 is 0 Å². The van der Waals surface area contributed by atoms with E-state index in [1.807, 2.05) is 42.2 Å². The number of nitrogens with zero attached hydrogens (tertiary/aromatic N) is 2. The molecule has 2 atom stereocenters. The van der Waals surface area contributed by atoms with Gasteiger partial charge in [0.15, 0.2) is 0 Å². The number of benzene rings is 2. The molecule has 1 aliphatic heterocycles. The fraction of sp³-hybridized carbons (Fsp3) is 0.462. The van der Waals surface area contributed by atoms with Gasteiger partial charge in [0, 0.05) is 33.3 Å². The van der Waals surface area contributed by atoms with Crippen molar-refractivity contribution < 1.29 is 23.5 Å². The van der Waals surface area contributed by atoms with Crippen LogP contribution in [-0.2, 0) is 20.7 Å². The number of aldehydes is 1. The van der Waals surface area contributed by atoms with E-state index in [2.05, 4.69) is 0 Å². The highest BCUT2D eigenvalue weighted by molar-refractivity contribution is 5.83. The minimum Gasteiger partial charge on any atom is -0.494 e. The summed E-state index contributed by atoms with van der Waals surface area (Å²) in [5.74, 6) is -0.0295. The second-order valence-electron chi connectivity index (χ2n) is 8.18. The smallest absolute Gasteiger partial charge is 0.228 e. The highest BCUT2D eigenvalue weighted by atomic mass is 19.1. The first-order chi connectivity index (χ1) is 16.1. The summed E-state index contributed by atoms with van der Waals surface area (Å²) in [5.41, 5.74) is 1.71. The van der Waals surface area contributed by atoms with E-state index >= 15 is 0 Å². The van der Waals surface area contributed by atoms with Gasteiger partial charge in [0.25, 0.3) is 0 Å². The highest BCUT2D eigenvalue weighted by Crippen LogP contribution is 2.23. The molecule has 1 saturated heterocycles. The lowest BCUT2D eigenvalue weighted by atomic mass is 9.93. The van der Waals surface area contributed by atoms with Gasteiger partial charge in [-0.25, -0.2) is 4.39 Å². The van der Waals surface area contributed by atoms with Crippen LogP contribution in [0, 0.1) is 11.7 Å². The number of aryl methyl sites for hydroxylation is 1. The molecule has 0 saturated carbocycles. The monoisotopic (exact) mass is 456 g/mol. The standard InChI is InChI=1S/C26H33FN2O4/c1-3-33-21-13-11-20(12-14-21)7-6-8-22(25(19-30)32-2)26(31)29-17-15-28(16-18-29)24-10-5-4-9-23(24)27/h4-5,9-14,19,22,25H,3,6-8,15-18H2,1-2H3/t22-,25-/m1/s1. The van der Waals surface area contributed by atoms with E-state index in [1.165, 1.54) is 13.2 Å². The van der Waals surface area contributed by atoms with Gasteiger partial charge in [-0.3, -0.25) is 4.79 Å². The molecule has 1 amide bonds. The van der Waals surface area contributed by atoms with Gasteiger partial charge < -0.3 is 24.1 Å². The van der Waals surface area contributed by atoms with Crippen molar-refractivity contribution in [3.05, 3.63) is 59.9 Å². The van der Waals surface area contributed by atoms with Gasteiger partial charge in [-0.15, -0.1) is 0 Å². The maximum Gasteiger partial charge on any atom is 0.228 e. The van der Waals surface area contributed by atoms with Crippen molar-refractivity contribution in [1.29, 1.82) is 0 Å². The van der Waals surface area contributed by atoms with Crippen molar-refractivity contribution in [3.8, 4) is 5.75 Å². The van der Waals surface area contributed by atoms with Gasteiger partial charge in [0.2, 0.25) is 5.91 Å². The molecule has 0 bridgehead atoms. The molecule has 0 aliphatic carbocycles. The Kier molecular flexibility index (Phi) is 9.24. The molecule has 2 aromatic carbocycles. The van der Waals surface area contributed by atoms with Crippen LogP contribution in [0.2, 0.25) is 0 Å². The number of carbonyl (C=O) groups is 2. The molecular formula is C26H33FN2O4. The zero-order valence-electron chi connectivity index (χ0n) is 19.4. The molecule has 1 fully saturated rings. The molecule has 2 aromatic rings. The molecule has 7 heteroatoms. The molecule has 33 heavy (non-hydrogen) atoms. The maximum atomic E-state index is 14.1. The summed E-state index contributed by atoms with van der Waals surface area (Å²) in [7, 11) is 1.46. The molecule has 0 aromatic heterocycles. The summed E-state index contributed by atoms with van der Waals surface area (Å²) in [6.45, 7) is 4.64. The lowest BCUT2D eigenvalue weighted by Gasteiger charge is -2.38. The number of ether oxygens (including phenoxy) is 2. The summed E-state index contributed by atoms with van der Waals surface area (Å²) in [6, 6.07) is 14.6. The molecule has 0 radical (unpaired) electrons. The fourth-order valence-electron chi connectivity index (χ4n) is 4.30. The number of piperazine rings is 1. The number of para-hydroxylation sites is 1. The molecular weight excluding hydrogens is 423 g/mol. The number of amides is 1. The second-order valence-corrected chi connectivity index (χ2v) is 8.18. The predicted octanol–water partition coefficient (Wildman–Crippen LogP) is 3.73. The van der Waals surface area contributed by atoms with Crippen LogP contribution >= 0.6 is 0 Å². The van der Waals surface area contributed by atoms with Crippen LogP contribution in [-0.4, -0.2) is 63.1 Å². The first-order valence-corrected chi connectivity index (χ1v) is 11.6. The molecule has 0 unspecified atom stereocenters. The van der Waals surface area contributed by atoms with Crippen LogP contribution in [0.1, 0.15) is 25.3 Å². The van der Waals surface area contributed by atoms with Crippen molar-refractivity contribution in [1.82, 2.24) is 4.90 Å². The number of methoxy groups -OCH3 is 1.